The van der Waals surface area contributed by atoms with Gasteiger partial charge in [-0.05, 0) is 152 Å². The Bertz CT molecular complexity index is 4840. The number of carboxylic acid groups (broad SMARTS) is 1. The van der Waals surface area contributed by atoms with Crippen LogP contribution in [0.5, 0.6) is 0 Å². The molecule has 3 aliphatic carbocycles. The number of carbonyl (C=O) groups excluding carboxylic acids is 2. The van der Waals surface area contributed by atoms with E-state index < -0.39 is 35.2 Å². The summed E-state index contributed by atoms with van der Waals surface area (Å²) in [4.78, 5) is 105. The number of fused-ring (bicyclic) bond motifs is 9. The fourth-order valence-electron chi connectivity index (χ4n) is 25.7. The maximum Gasteiger partial charge on any atom is 1.00 e. The molecule has 15 aliphatic rings. The molecule has 3 N–H and O–H groups in total. The quantitative estimate of drug-likeness (QED) is 0.0691. The van der Waals surface area contributed by atoms with Crippen molar-refractivity contribution in [3.63, 3.8) is 0 Å². The number of halogens is 3. The molecule has 12 saturated heterocycles. The van der Waals surface area contributed by atoms with Crippen LogP contribution in [0.1, 0.15) is 249 Å². The maximum absolute atomic E-state index is 14.4. The van der Waals surface area contributed by atoms with E-state index in [1.807, 2.05) is 91.7 Å². The van der Waals surface area contributed by atoms with E-state index in [-0.39, 0.29) is 106 Å². The molecule has 6 unspecified atom stereocenters. The summed E-state index contributed by atoms with van der Waals surface area (Å²) < 4.78 is 60.1. The minimum atomic E-state index is -1.11. The number of benzene rings is 3. The normalized spacial score (nSPS) is 29.8. The van der Waals surface area contributed by atoms with Crippen molar-refractivity contribution in [2.75, 3.05) is 103 Å². The van der Waals surface area contributed by atoms with Gasteiger partial charge in [0.2, 0.25) is 0 Å². The van der Waals surface area contributed by atoms with Crippen LogP contribution in [0, 0.1) is 17.8 Å². The number of esters is 2. The second-order valence-electron chi connectivity index (χ2n) is 38.0. The number of ether oxygens (including phenoxy) is 8. The number of aromatic nitrogens is 6. The first-order chi connectivity index (χ1) is 61.1. The molecule has 3 spiro atoms. The van der Waals surface area contributed by atoms with Crippen LogP contribution in [-0.4, -0.2) is 237 Å². The monoisotopic (exact) mass is 1900 g/mol. The molecule has 3 aromatic heterocycles. The molecule has 12 atom stereocenters. The zero-order valence-corrected chi connectivity index (χ0v) is 79.6. The molecular formula is C95H132ClFIN12NaO16. The summed E-state index contributed by atoms with van der Waals surface area (Å²) in [6, 6.07) is 29.9. The number of nitrogens with one attached hydrogen (secondary N) is 1. The first-order valence-corrected chi connectivity index (χ1v) is 48.9. The second-order valence-corrected chi connectivity index (χ2v) is 38.4. The van der Waals surface area contributed by atoms with E-state index in [1.54, 1.807) is 0 Å². The van der Waals surface area contributed by atoms with Gasteiger partial charge in [-0.1, -0.05) is 144 Å². The van der Waals surface area contributed by atoms with E-state index in [0.29, 0.717) is 162 Å². The van der Waals surface area contributed by atoms with Gasteiger partial charge in [0.25, 0.3) is 16.7 Å². The van der Waals surface area contributed by atoms with Crippen LogP contribution in [0.15, 0.2) is 87.2 Å². The molecule has 15 heterocycles. The first kappa shape index (κ1) is 96.2. The molecule has 32 heteroatoms. The number of nitrogens with zero attached hydrogens (tertiary/aromatic N) is 11. The average molecular weight is 1900 g/mol. The van der Waals surface area contributed by atoms with Gasteiger partial charge in [-0.2, -0.15) is 2.86 Å². The molecule has 0 amide bonds. The number of para-hydroxylation sites is 6. The third-order valence-corrected chi connectivity index (χ3v) is 31.5. The van der Waals surface area contributed by atoms with Crippen LogP contribution < -0.4 is 61.4 Å². The third-order valence-electron chi connectivity index (χ3n) is 31.2. The van der Waals surface area contributed by atoms with Gasteiger partial charge in [-0.15, -0.1) is 0 Å². The Morgan fingerprint density at radius 1 is 0.417 bits per heavy atom. The van der Waals surface area contributed by atoms with Crippen molar-refractivity contribution >= 4 is 97.4 Å². The van der Waals surface area contributed by atoms with Crippen molar-refractivity contribution in [1.82, 2.24) is 48.7 Å². The Kier molecular flexibility index (Phi) is 33.1. The van der Waals surface area contributed by atoms with Crippen LogP contribution in [0.25, 0.3) is 33.1 Å². The Hall–Kier alpha value is -5.40. The van der Waals surface area contributed by atoms with E-state index in [1.165, 1.54) is 188 Å². The number of carboxylic acids is 1. The molecule has 6 bridgehead atoms. The van der Waals surface area contributed by atoms with E-state index >= 15 is 0 Å². The average Bonchev–Trinajstić information content (AvgIpc) is 1.74. The smallest absolute Gasteiger partial charge is 0.870 e. The van der Waals surface area contributed by atoms with E-state index in [0.717, 1.165) is 84.2 Å². The molecule has 127 heavy (non-hydrogen) atoms. The van der Waals surface area contributed by atoms with Crippen LogP contribution in [0.2, 0.25) is 5.15 Å². The fraction of sp³-hybridized carbons (Fsp3) is 0.716. The molecule has 3 aromatic carbocycles. The van der Waals surface area contributed by atoms with Gasteiger partial charge in [0.15, 0.2) is 57.3 Å². The number of methoxy groups -OCH3 is 2. The number of aliphatic carboxylic acids is 1. The Morgan fingerprint density at radius 3 is 1.06 bits per heavy atom. The number of rotatable bonds is 11. The van der Waals surface area contributed by atoms with Crippen LogP contribution in [-0.2, 0) is 52.3 Å². The topological polar surface area (TPSA) is 308 Å². The summed E-state index contributed by atoms with van der Waals surface area (Å²) >= 11 is 6.88. The minimum absolute atomic E-state index is 0. The third kappa shape index (κ3) is 20.2. The molecule has 690 valence electrons. The largest absolute Gasteiger partial charge is 1.00 e. The molecule has 28 nitrogen and oxygen atoms in total. The maximum atomic E-state index is 14.4. The van der Waals surface area contributed by atoms with Crippen molar-refractivity contribution in [2.24, 2.45) is 17.8 Å². The van der Waals surface area contributed by atoms with Crippen molar-refractivity contribution in [3.05, 3.63) is 109 Å². The molecule has 6 aromatic rings. The van der Waals surface area contributed by atoms with Gasteiger partial charge in [0, 0.05) is 131 Å². The number of hydrogen-bond donors (Lipinski definition) is 2. The van der Waals surface area contributed by atoms with Crippen LogP contribution >= 0.6 is 34.8 Å². The molecule has 21 rings (SSSR count). The number of anilines is 2. The van der Waals surface area contributed by atoms with Crippen molar-refractivity contribution in [3.8, 4) is 0 Å². The molecule has 0 radical (unpaired) electrons. The number of carbonyl (C=O) groups is 3. The van der Waals surface area contributed by atoms with Crippen molar-refractivity contribution < 1.29 is 95.3 Å². The molecule has 12 aliphatic heterocycles. The zero-order valence-electron chi connectivity index (χ0n) is 74.7. The SMILES string of the molecule is COC(=O)C1CN(c2nc3ccccc3n(C3C[C@H]4CC[C@@H](C3)N4C3CCCCCCC3)c2=O)CCC12OCCO2.COC(=O)C1CNCCC12OCCO2.FI.O=C(O)C1CN(c2nc3ccccc3n(C3C[C@H]4CC[C@@H](C3)N4C3CCCCCCC3)c2=O)CCC12OCCO2.O=c1c(Cl)nc2ccccc2n1C1C[C@H]2CC[C@@H](C1)N2C1CCCCCCC1.[Na+].[OH-]. The summed E-state index contributed by atoms with van der Waals surface area (Å²) in [6.07, 6.45) is 43.8. The standard InChI is InChI=1S/C32H44N4O5.C31H42N4O5.C23H30ClN3O.C9H15NO4.FI.Na.H2O/c1-39-31(38)26-21-34(16-15-32(26)40-17-18-41-32)29-30(37)36(28-12-8-7-11-27(28)33-29)25-19-23-13-14-24(20-25)35(23)22-9-5-3-2-4-6-10-22;36-29-28(33-15-14-31(39-16-17-40-31)25(20-33)30(37)38)32-26-10-6-7-11-27(26)35(29)24-18-22-12-13-23(19-24)34(22)21-8-4-2-1-3-5-9-21;24-22-23(28)27(21-11-7-6-10-20(21)25-22)19-14-17-12-13-18(15-19)26(17)16-8-4-2-1-3-5-9-16;1-12-8(11)7-6-10-3-2-9(7)13-4-5-14-9;1-2;;/h7-8,11-12,22-26H,2-6,9-10,13-21H2,1H3;6-7,10-11,21-25H,1-5,8-9,12-20H2,(H,37,38);6-7,10-11,16-19H,1-5,8-9,12-15H2;7,10H,2-6H2,1H3;;;1H2/q;;;;;+1;/p-1/t23-,24+,25?,26?;22-,23+,24?,25?;17-,18+,19?;;;;. The van der Waals surface area contributed by atoms with Gasteiger partial charge in [-0.25, -0.2) is 15.0 Å². The number of piperidine rings is 6. The Labute approximate surface area is 786 Å². The van der Waals surface area contributed by atoms with E-state index in [9.17, 15) is 36.7 Å². The van der Waals surface area contributed by atoms with Gasteiger partial charge >= 0.3 is 47.5 Å². The Morgan fingerprint density at radius 2 is 0.717 bits per heavy atom. The first-order valence-electron chi connectivity index (χ1n) is 47.7. The van der Waals surface area contributed by atoms with Gasteiger partial charge < -0.3 is 77.3 Å². The molecule has 3 saturated carbocycles. The summed E-state index contributed by atoms with van der Waals surface area (Å²) in [5.41, 5.74) is 4.87. The molecular weight excluding hydrogens is 1770 g/mol. The molecule has 15 fully saturated rings. The zero-order chi connectivity index (χ0) is 86.4. The number of hydrogen-bond acceptors (Lipinski definition) is 24. The Balaban J connectivity index is 0.000000136. The van der Waals surface area contributed by atoms with E-state index in [4.69, 9.17) is 59.5 Å². The summed E-state index contributed by atoms with van der Waals surface area (Å²) in [7, 11) is 2.78. The van der Waals surface area contributed by atoms with Gasteiger partial charge in [0.1, 0.15) is 17.8 Å². The van der Waals surface area contributed by atoms with Gasteiger partial charge in [0.05, 0.1) is 87.0 Å². The van der Waals surface area contributed by atoms with Crippen LogP contribution in [0.4, 0.5) is 14.5 Å². The summed E-state index contributed by atoms with van der Waals surface area (Å²) in [5.74, 6) is -5.53. The van der Waals surface area contributed by atoms with Crippen molar-refractivity contribution in [2.45, 2.75) is 321 Å². The second kappa shape index (κ2) is 43.7. The predicted molar refractivity (Wildman–Crippen MR) is 486 cm³/mol. The van der Waals surface area contributed by atoms with Crippen LogP contribution in [0.3, 0.4) is 0 Å². The van der Waals surface area contributed by atoms with E-state index in [2.05, 4.69) is 29.6 Å². The fourth-order valence-corrected chi connectivity index (χ4v) is 25.8. The summed E-state index contributed by atoms with van der Waals surface area (Å²) in [5, 5.41) is 13.3. The predicted octanol–water partition coefficient (Wildman–Crippen LogP) is 11.7. The minimum Gasteiger partial charge on any atom is -0.870 e. The van der Waals surface area contributed by atoms with Crippen molar-refractivity contribution in [1.29, 1.82) is 0 Å². The van der Waals surface area contributed by atoms with Gasteiger partial charge in [-0.3, -0.25) is 43.5 Å². The summed E-state index contributed by atoms with van der Waals surface area (Å²) in [6.45, 7) is 5.61.